The van der Waals surface area contributed by atoms with E-state index in [-0.39, 0.29) is 0 Å². The molecule has 1 aliphatic heterocycles. The van der Waals surface area contributed by atoms with Crippen molar-refractivity contribution in [3.8, 4) is 0 Å². The largest absolute Gasteiger partial charge is 0.361 e. The molecule has 0 spiro atoms. The molecule has 0 aromatic heterocycles. The minimum absolute atomic E-state index is 0.491. The molecule has 56 valence electrons. The fourth-order valence-corrected chi connectivity index (χ4v) is 1.25. The van der Waals surface area contributed by atoms with Crippen molar-refractivity contribution in [2.75, 3.05) is 6.67 Å². The van der Waals surface area contributed by atoms with Gasteiger partial charge < -0.3 is 5.32 Å². The van der Waals surface area contributed by atoms with Crippen LogP contribution in [0.5, 0.6) is 0 Å². The molecule has 1 fully saturated rings. The van der Waals surface area contributed by atoms with Crippen LogP contribution in [-0.2, 0) is 0 Å². The van der Waals surface area contributed by atoms with Crippen molar-refractivity contribution in [3.63, 3.8) is 0 Å². The zero-order valence-electron chi connectivity index (χ0n) is 6.01. The Hall–Kier alpha value is -0.570. The standard InChI is InChI=1S/C7H13N3/c1-2-6(1)3-7-9-4-8-5-10-7/h4,6-7,10H,1-3,5H2,(H,8,9). The zero-order valence-corrected chi connectivity index (χ0v) is 6.01. The molecule has 1 atom stereocenters. The quantitative estimate of drug-likeness (QED) is 0.577. The number of hydrogen-bond donors (Lipinski definition) is 2. The van der Waals surface area contributed by atoms with Gasteiger partial charge in [0.05, 0.1) is 19.2 Å². The normalized spacial score (nSPS) is 31.8. The van der Waals surface area contributed by atoms with Crippen LogP contribution in [0, 0.1) is 5.92 Å². The van der Waals surface area contributed by atoms with Crippen LogP contribution in [0.1, 0.15) is 19.3 Å². The fraction of sp³-hybridized carbons (Fsp3) is 0.857. The minimum Gasteiger partial charge on any atom is -0.361 e. The molecule has 0 amide bonds. The lowest BCUT2D eigenvalue weighted by Crippen LogP contribution is -2.45. The average molecular weight is 139 g/mol. The van der Waals surface area contributed by atoms with Gasteiger partial charge in [0, 0.05) is 0 Å². The van der Waals surface area contributed by atoms with E-state index < -0.39 is 0 Å². The van der Waals surface area contributed by atoms with Gasteiger partial charge in [-0.15, -0.1) is 0 Å². The Balaban J connectivity index is 1.75. The van der Waals surface area contributed by atoms with E-state index in [1.165, 1.54) is 19.3 Å². The van der Waals surface area contributed by atoms with Gasteiger partial charge in [-0.2, -0.15) is 0 Å². The van der Waals surface area contributed by atoms with Crippen molar-refractivity contribution in [1.82, 2.24) is 10.6 Å². The number of rotatable bonds is 2. The maximum Gasteiger partial charge on any atom is 0.0917 e. The summed E-state index contributed by atoms with van der Waals surface area (Å²) in [5.74, 6) is 0.983. The number of aliphatic imine (C=N–C) groups is 1. The van der Waals surface area contributed by atoms with Crippen molar-refractivity contribution < 1.29 is 0 Å². The Kier molecular flexibility index (Phi) is 1.59. The van der Waals surface area contributed by atoms with Gasteiger partial charge >= 0.3 is 0 Å². The second-order valence-electron chi connectivity index (χ2n) is 3.07. The summed E-state index contributed by atoms with van der Waals surface area (Å²) < 4.78 is 0. The van der Waals surface area contributed by atoms with Crippen molar-refractivity contribution in [2.24, 2.45) is 10.9 Å². The molecule has 1 heterocycles. The second-order valence-corrected chi connectivity index (χ2v) is 3.07. The molecule has 1 aliphatic carbocycles. The Morgan fingerprint density at radius 2 is 2.40 bits per heavy atom. The minimum atomic E-state index is 0.491. The topological polar surface area (TPSA) is 36.4 Å². The lowest BCUT2D eigenvalue weighted by Gasteiger charge is -2.20. The highest BCUT2D eigenvalue weighted by Gasteiger charge is 2.25. The molecule has 0 bridgehead atoms. The summed E-state index contributed by atoms with van der Waals surface area (Å²) in [4.78, 5) is 4.01. The third kappa shape index (κ3) is 1.48. The molecule has 0 aromatic carbocycles. The molecule has 0 saturated heterocycles. The third-order valence-electron chi connectivity index (χ3n) is 2.06. The van der Waals surface area contributed by atoms with Crippen LogP contribution in [0.2, 0.25) is 0 Å². The molecule has 3 heteroatoms. The molecular weight excluding hydrogens is 126 g/mol. The molecule has 2 N–H and O–H groups in total. The van der Waals surface area contributed by atoms with E-state index in [0.29, 0.717) is 6.17 Å². The zero-order chi connectivity index (χ0) is 6.81. The molecule has 3 nitrogen and oxygen atoms in total. The van der Waals surface area contributed by atoms with Gasteiger partial charge in [-0.25, -0.2) is 0 Å². The van der Waals surface area contributed by atoms with Gasteiger partial charge in [0.1, 0.15) is 0 Å². The van der Waals surface area contributed by atoms with E-state index in [2.05, 4.69) is 15.6 Å². The summed E-state index contributed by atoms with van der Waals surface area (Å²) in [7, 11) is 0. The van der Waals surface area contributed by atoms with Crippen LogP contribution < -0.4 is 10.6 Å². The number of nitrogens with zero attached hydrogens (tertiary/aromatic N) is 1. The SMILES string of the molecule is C1=NCNC(CC2CC2)N1. The first-order valence-corrected chi connectivity index (χ1v) is 3.93. The first-order valence-electron chi connectivity index (χ1n) is 3.93. The molecule has 1 saturated carbocycles. The van der Waals surface area contributed by atoms with Crippen LogP contribution in [-0.4, -0.2) is 19.2 Å². The molecule has 1 unspecified atom stereocenters. The lowest BCUT2D eigenvalue weighted by molar-refractivity contribution is 0.429. The lowest BCUT2D eigenvalue weighted by atomic mass is 10.2. The van der Waals surface area contributed by atoms with E-state index in [0.717, 1.165) is 12.6 Å². The Morgan fingerprint density at radius 3 is 3.00 bits per heavy atom. The second kappa shape index (κ2) is 2.58. The molecule has 0 radical (unpaired) electrons. The van der Waals surface area contributed by atoms with Crippen LogP contribution >= 0.6 is 0 Å². The number of nitrogens with one attached hydrogen (secondary N) is 2. The van der Waals surface area contributed by atoms with Crippen LogP contribution in [0.3, 0.4) is 0 Å². The van der Waals surface area contributed by atoms with E-state index in [1.807, 2.05) is 6.34 Å². The Morgan fingerprint density at radius 1 is 1.50 bits per heavy atom. The van der Waals surface area contributed by atoms with E-state index >= 15 is 0 Å². The Labute approximate surface area is 60.9 Å². The summed E-state index contributed by atoms with van der Waals surface area (Å²) in [5, 5.41) is 6.47. The van der Waals surface area contributed by atoms with Gasteiger partial charge in [-0.1, -0.05) is 12.8 Å². The molecular formula is C7H13N3. The first kappa shape index (κ1) is 6.16. The van der Waals surface area contributed by atoms with Gasteiger partial charge in [-0.05, 0) is 12.3 Å². The van der Waals surface area contributed by atoms with Gasteiger partial charge in [0.2, 0.25) is 0 Å². The van der Waals surface area contributed by atoms with E-state index in [1.54, 1.807) is 0 Å². The van der Waals surface area contributed by atoms with Crippen LogP contribution in [0.15, 0.2) is 4.99 Å². The first-order chi connectivity index (χ1) is 4.95. The fourth-order valence-electron chi connectivity index (χ4n) is 1.25. The van der Waals surface area contributed by atoms with Crippen molar-refractivity contribution in [1.29, 1.82) is 0 Å². The third-order valence-corrected chi connectivity index (χ3v) is 2.06. The predicted octanol–water partition coefficient (Wildman–Crippen LogP) is 0.291. The number of hydrogen-bond acceptors (Lipinski definition) is 3. The maximum absolute atomic E-state index is 4.01. The summed E-state index contributed by atoms with van der Waals surface area (Å²) in [6.07, 6.45) is 6.42. The monoisotopic (exact) mass is 139 g/mol. The average Bonchev–Trinajstić information content (AvgIpc) is 2.74. The van der Waals surface area contributed by atoms with Crippen molar-refractivity contribution in [3.05, 3.63) is 0 Å². The van der Waals surface area contributed by atoms with Crippen molar-refractivity contribution in [2.45, 2.75) is 25.4 Å². The van der Waals surface area contributed by atoms with Gasteiger partial charge in [-0.3, -0.25) is 10.3 Å². The summed E-state index contributed by atoms with van der Waals surface area (Å²) >= 11 is 0. The highest BCUT2D eigenvalue weighted by atomic mass is 15.2. The van der Waals surface area contributed by atoms with Gasteiger partial charge in [0.15, 0.2) is 0 Å². The summed E-state index contributed by atoms with van der Waals surface area (Å²) in [6.45, 7) is 0.782. The highest BCUT2D eigenvalue weighted by Crippen LogP contribution is 2.33. The maximum atomic E-state index is 4.01. The summed E-state index contributed by atoms with van der Waals surface area (Å²) in [5.41, 5.74) is 0. The van der Waals surface area contributed by atoms with Gasteiger partial charge in [0.25, 0.3) is 0 Å². The Bertz CT molecular complexity index is 140. The molecule has 10 heavy (non-hydrogen) atoms. The van der Waals surface area contributed by atoms with E-state index in [9.17, 15) is 0 Å². The summed E-state index contributed by atoms with van der Waals surface area (Å²) in [6, 6.07) is 0. The van der Waals surface area contributed by atoms with Crippen molar-refractivity contribution >= 4 is 6.34 Å². The molecule has 0 aromatic rings. The van der Waals surface area contributed by atoms with Crippen LogP contribution in [0.25, 0.3) is 0 Å². The van der Waals surface area contributed by atoms with Crippen LogP contribution in [0.4, 0.5) is 0 Å². The highest BCUT2D eigenvalue weighted by molar-refractivity contribution is 5.55. The smallest absolute Gasteiger partial charge is 0.0917 e. The van der Waals surface area contributed by atoms with E-state index in [4.69, 9.17) is 0 Å². The molecule has 2 rings (SSSR count). The molecule has 2 aliphatic rings. The predicted molar refractivity (Wildman–Crippen MR) is 40.8 cm³/mol.